The van der Waals surface area contributed by atoms with Gasteiger partial charge in [-0.2, -0.15) is 0 Å². The van der Waals surface area contributed by atoms with E-state index in [0.717, 1.165) is 18.4 Å². The number of allylic oxidation sites excluding steroid dienone is 3. The first-order valence-corrected chi connectivity index (χ1v) is 3.13. The van der Waals surface area contributed by atoms with Gasteiger partial charge in [0.1, 0.15) is 0 Å². The molecule has 48 valence electrons. The van der Waals surface area contributed by atoms with Crippen LogP contribution in [0.15, 0.2) is 24.3 Å². The average molecular weight is 120 g/mol. The van der Waals surface area contributed by atoms with Crippen molar-refractivity contribution in [1.82, 2.24) is 0 Å². The minimum absolute atomic E-state index is 0.989. The van der Waals surface area contributed by atoms with Gasteiger partial charge in [0.2, 0.25) is 0 Å². The van der Waals surface area contributed by atoms with E-state index in [1.165, 1.54) is 0 Å². The Kier molecular flexibility index (Phi) is 4.63. The van der Waals surface area contributed by atoms with Gasteiger partial charge in [0.25, 0.3) is 0 Å². The van der Waals surface area contributed by atoms with Crippen molar-refractivity contribution in [3.8, 4) is 12.3 Å². The molecule has 0 radical (unpaired) electrons. The first-order chi connectivity index (χ1) is 4.35. The van der Waals surface area contributed by atoms with E-state index in [1.807, 2.05) is 6.08 Å². The minimum Gasteiger partial charge on any atom is -0.115 e. The smallest absolute Gasteiger partial charge is 0.00173 e. The van der Waals surface area contributed by atoms with Crippen molar-refractivity contribution in [3.05, 3.63) is 24.3 Å². The van der Waals surface area contributed by atoms with Crippen molar-refractivity contribution in [1.29, 1.82) is 0 Å². The summed E-state index contributed by atoms with van der Waals surface area (Å²) in [5.74, 6) is 2.59. The third-order valence-electron chi connectivity index (χ3n) is 1.02. The summed E-state index contributed by atoms with van der Waals surface area (Å²) in [6, 6.07) is 0. The third kappa shape index (κ3) is 3.61. The molecule has 0 fully saturated rings. The lowest BCUT2D eigenvalue weighted by atomic mass is 10.1. The molecule has 0 aromatic carbocycles. The standard InChI is InChI=1S/C9H12/c1-4-7-9(6-3)8-5-2/h3-4,7H,1,5,8H2,2H3/b9-7-. The molecule has 0 heteroatoms. The average Bonchev–Trinajstić information content (AvgIpc) is 1.88. The van der Waals surface area contributed by atoms with Crippen LogP contribution in [0.3, 0.4) is 0 Å². The van der Waals surface area contributed by atoms with E-state index in [2.05, 4.69) is 19.4 Å². The van der Waals surface area contributed by atoms with E-state index < -0.39 is 0 Å². The number of hydrogen-bond acceptors (Lipinski definition) is 0. The largest absolute Gasteiger partial charge is 0.115 e. The van der Waals surface area contributed by atoms with Crippen LogP contribution in [0.25, 0.3) is 0 Å². The predicted molar refractivity (Wildman–Crippen MR) is 42.0 cm³/mol. The molecular formula is C9H12. The fourth-order valence-corrected chi connectivity index (χ4v) is 0.615. The molecule has 0 saturated heterocycles. The van der Waals surface area contributed by atoms with Gasteiger partial charge in [0.05, 0.1) is 0 Å². The van der Waals surface area contributed by atoms with E-state index >= 15 is 0 Å². The van der Waals surface area contributed by atoms with Gasteiger partial charge in [-0.1, -0.05) is 38.0 Å². The Morgan fingerprint density at radius 1 is 1.78 bits per heavy atom. The lowest BCUT2D eigenvalue weighted by Gasteiger charge is -1.91. The Morgan fingerprint density at radius 2 is 2.44 bits per heavy atom. The molecule has 0 aliphatic heterocycles. The number of hydrogen-bond donors (Lipinski definition) is 0. The van der Waals surface area contributed by atoms with Crippen LogP contribution in [0.1, 0.15) is 19.8 Å². The van der Waals surface area contributed by atoms with Gasteiger partial charge >= 0.3 is 0 Å². The zero-order chi connectivity index (χ0) is 7.11. The minimum atomic E-state index is 0.989. The first kappa shape index (κ1) is 8.04. The van der Waals surface area contributed by atoms with E-state index in [-0.39, 0.29) is 0 Å². The van der Waals surface area contributed by atoms with Crippen molar-refractivity contribution in [2.75, 3.05) is 0 Å². The Hall–Kier alpha value is -0.960. The van der Waals surface area contributed by atoms with Crippen LogP contribution in [0.5, 0.6) is 0 Å². The molecule has 0 nitrogen and oxygen atoms in total. The molecule has 0 aromatic rings. The molecule has 0 N–H and O–H groups in total. The molecule has 0 heterocycles. The van der Waals surface area contributed by atoms with Gasteiger partial charge in [-0.25, -0.2) is 0 Å². The summed E-state index contributed by atoms with van der Waals surface area (Å²) in [5.41, 5.74) is 1.03. The van der Waals surface area contributed by atoms with Gasteiger partial charge in [0, 0.05) is 5.57 Å². The van der Waals surface area contributed by atoms with Gasteiger partial charge in [0.15, 0.2) is 0 Å². The maximum absolute atomic E-state index is 5.18. The fraction of sp³-hybridized carbons (Fsp3) is 0.333. The maximum atomic E-state index is 5.18. The summed E-state index contributed by atoms with van der Waals surface area (Å²) in [7, 11) is 0. The molecule has 0 rings (SSSR count). The highest BCUT2D eigenvalue weighted by molar-refractivity contribution is 5.28. The van der Waals surface area contributed by atoms with E-state index in [1.54, 1.807) is 6.08 Å². The van der Waals surface area contributed by atoms with Crippen LogP contribution in [-0.2, 0) is 0 Å². The topological polar surface area (TPSA) is 0 Å². The Labute approximate surface area is 57.3 Å². The van der Waals surface area contributed by atoms with Crippen LogP contribution in [0.2, 0.25) is 0 Å². The quantitative estimate of drug-likeness (QED) is 0.396. The highest BCUT2D eigenvalue weighted by atomic mass is 13.9. The highest BCUT2D eigenvalue weighted by Crippen LogP contribution is 2.01. The molecule has 9 heavy (non-hydrogen) atoms. The Morgan fingerprint density at radius 3 is 2.78 bits per heavy atom. The lowest BCUT2D eigenvalue weighted by molar-refractivity contribution is 0.933. The number of terminal acetylenes is 1. The summed E-state index contributed by atoms with van der Waals surface area (Å²) in [4.78, 5) is 0. The molecular weight excluding hydrogens is 108 g/mol. The third-order valence-corrected chi connectivity index (χ3v) is 1.02. The fourth-order valence-electron chi connectivity index (χ4n) is 0.615. The Bertz CT molecular complexity index is 144. The molecule has 0 spiro atoms. The lowest BCUT2D eigenvalue weighted by Crippen LogP contribution is -1.74. The van der Waals surface area contributed by atoms with Crippen molar-refractivity contribution in [2.24, 2.45) is 0 Å². The van der Waals surface area contributed by atoms with E-state index in [4.69, 9.17) is 6.42 Å². The van der Waals surface area contributed by atoms with E-state index in [0.29, 0.717) is 0 Å². The van der Waals surface area contributed by atoms with Crippen LogP contribution in [0.4, 0.5) is 0 Å². The zero-order valence-corrected chi connectivity index (χ0v) is 5.85. The predicted octanol–water partition coefficient (Wildman–Crippen LogP) is 2.53. The van der Waals surface area contributed by atoms with Crippen LogP contribution in [-0.4, -0.2) is 0 Å². The molecule has 0 saturated carbocycles. The van der Waals surface area contributed by atoms with Crippen molar-refractivity contribution >= 4 is 0 Å². The van der Waals surface area contributed by atoms with Gasteiger partial charge < -0.3 is 0 Å². The van der Waals surface area contributed by atoms with Crippen LogP contribution in [0, 0.1) is 12.3 Å². The maximum Gasteiger partial charge on any atom is 0.00173 e. The van der Waals surface area contributed by atoms with Crippen molar-refractivity contribution in [2.45, 2.75) is 19.8 Å². The second-order valence-corrected chi connectivity index (χ2v) is 1.82. The monoisotopic (exact) mass is 120 g/mol. The molecule has 0 bridgehead atoms. The summed E-state index contributed by atoms with van der Waals surface area (Å²) in [5, 5.41) is 0. The first-order valence-electron chi connectivity index (χ1n) is 3.13. The normalized spacial score (nSPS) is 10.4. The molecule has 0 aromatic heterocycles. The van der Waals surface area contributed by atoms with Crippen molar-refractivity contribution < 1.29 is 0 Å². The summed E-state index contributed by atoms with van der Waals surface area (Å²) in [6.07, 6.45) is 10.9. The SMILES string of the molecule is C#C/C(=C/C=C)CCC. The zero-order valence-electron chi connectivity index (χ0n) is 5.85. The highest BCUT2D eigenvalue weighted by Gasteiger charge is 1.85. The van der Waals surface area contributed by atoms with Crippen LogP contribution >= 0.6 is 0 Å². The molecule has 0 aliphatic rings. The molecule has 0 unspecified atom stereocenters. The van der Waals surface area contributed by atoms with Gasteiger partial charge in [-0.3, -0.25) is 0 Å². The molecule has 0 aliphatic carbocycles. The summed E-state index contributed by atoms with van der Waals surface area (Å²) >= 11 is 0. The van der Waals surface area contributed by atoms with Gasteiger partial charge in [-0.05, 0) is 6.42 Å². The second-order valence-electron chi connectivity index (χ2n) is 1.82. The molecule has 0 amide bonds. The van der Waals surface area contributed by atoms with Crippen LogP contribution < -0.4 is 0 Å². The second kappa shape index (κ2) is 5.18. The Balaban J connectivity index is 3.85. The van der Waals surface area contributed by atoms with Crippen molar-refractivity contribution in [3.63, 3.8) is 0 Å². The number of rotatable bonds is 3. The van der Waals surface area contributed by atoms with E-state index in [9.17, 15) is 0 Å². The summed E-state index contributed by atoms with van der Waals surface area (Å²) in [6.45, 7) is 5.66. The molecule has 0 atom stereocenters. The van der Waals surface area contributed by atoms with Gasteiger partial charge in [-0.15, -0.1) is 6.42 Å². The summed E-state index contributed by atoms with van der Waals surface area (Å²) < 4.78 is 0.